The highest BCUT2D eigenvalue weighted by Crippen LogP contribution is 2.32. The van der Waals surface area contributed by atoms with Crippen molar-refractivity contribution in [2.45, 2.75) is 51.1 Å². The van der Waals surface area contributed by atoms with Gasteiger partial charge in [0, 0.05) is 41.6 Å². The van der Waals surface area contributed by atoms with Crippen LogP contribution in [0.4, 0.5) is 21.5 Å². The summed E-state index contributed by atoms with van der Waals surface area (Å²) in [5, 5.41) is 20.1. The van der Waals surface area contributed by atoms with E-state index in [9.17, 15) is 9.18 Å². The highest BCUT2D eigenvalue weighted by atomic mass is 19.1. The number of halogens is 1. The number of aryl methyl sites for hydroxylation is 1. The molecule has 2 aromatic rings. The SMILES string of the molecule is Cc1ccc(F)c2c1NC(C(=O)Nc1ccc3c(c1)CNC(NC1CCNCC1)N3)C2. The van der Waals surface area contributed by atoms with Crippen LogP contribution in [-0.2, 0) is 17.8 Å². The minimum atomic E-state index is -0.476. The number of carbonyl (C=O) groups is 1. The molecule has 3 aliphatic rings. The molecule has 0 radical (unpaired) electrons. The Bertz CT molecular complexity index is 959. The second-order valence-corrected chi connectivity index (χ2v) is 8.63. The van der Waals surface area contributed by atoms with Crippen LogP contribution in [0.2, 0.25) is 0 Å². The number of hydrogen-bond donors (Lipinski definition) is 6. The van der Waals surface area contributed by atoms with Gasteiger partial charge in [-0.2, -0.15) is 0 Å². The van der Waals surface area contributed by atoms with E-state index in [1.165, 1.54) is 6.07 Å². The molecule has 2 atom stereocenters. The van der Waals surface area contributed by atoms with Gasteiger partial charge in [-0.1, -0.05) is 6.07 Å². The minimum Gasteiger partial charge on any atom is -0.373 e. The Hall–Kier alpha value is -2.68. The third-order valence-corrected chi connectivity index (χ3v) is 6.42. The molecule has 0 aliphatic carbocycles. The highest BCUT2D eigenvalue weighted by molar-refractivity contribution is 5.98. The molecule has 0 saturated carbocycles. The van der Waals surface area contributed by atoms with Crippen molar-refractivity contribution in [1.29, 1.82) is 0 Å². The Balaban J connectivity index is 1.20. The third-order valence-electron chi connectivity index (χ3n) is 6.42. The molecule has 7 nitrogen and oxygen atoms in total. The lowest BCUT2D eigenvalue weighted by Crippen LogP contribution is -2.55. The van der Waals surface area contributed by atoms with E-state index in [4.69, 9.17) is 0 Å². The van der Waals surface area contributed by atoms with E-state index in [0.717, 1.165) is 54.1 Å². The van der Waals surface area contributed by atoms with Gasteiger partial charge in [-0.15, -0.1) is 0 Å². The average Bonchev–Trinajstić information content (AvgIpc) is 3.24. The topological polar surface area (TPSA) is 89.2 Å². The molecule has 5 rings (SSSR count). The van der Waals surface area contributed by atoms with Crippen LogP contribution in [0.25, 0.3) is 0 Å². The van der Waals surface area contributed by atoms with Crippen molar-refractivity contribution in [2.24, 2.45) is 0 Å². The van der Waals surface area contributed by atoms with Crippen LogP contribution in [0.5, 0.6) is 0 Å². The molecule has 2 unspecified atom stereocenters. The Morgan fingerprint density at radius 3 is 2.77 bits per heavy atom. The summed E-state index contributed by atoms with van der Waals surface area (Å²) in [6.07, 6.45) is 2.64. The number of nitrogens with one attached hydrogen (secondary N) is 6. The molecule has 0 aromatic heterocycles. The number of fused-ring (bicyclic) bond motifs is 2. The lowest BCUT2D eigenvalue weighted by molar-refractivity contribution is -0.116. The first-order valence-electron chi connectivity index (χ1n) is 11.0. The fraction of sp³-hybridized carbons (Fsp3) is 0.435. The number of amides is 1. The van der Waals surface area contributed by atoms with Gasteiger partial charge in [-0.25, -0.2) is 4.39 Å². The first-order chi connectivity index (χ1) is 15.1. The smallest absolute Gasteiger partial charge is 0.247 e. The van der Waals surface area contributed by atoms with E-state index in [0.29, 0.717) is 24.6 Å². The van der Waals surface area contributed by atoms with Crippen molar-refractivity contribution in [3.05, 3.63) is 52.8 Å². The Kier molecular flexibility index (Phi) is 5.52. The van der Waals surface area contributed by atoms with E-state index in [-0.39, 0.29) is 18.0 Å². The van der Waals surface area contributed by atoms with Crippen molar-refractivity contribution < 1.29 is 9.18 Å². The van der Waals surface area contributed by atoms with Crippen LogP contribution >= 0.6 is 0 Å². The molecule has 31 heavy (non-hydrogen) atoms. The second kappa shape index (κ2) is 8.45. The Morgan fingerprint density at radius 1 is 1.13 bits per heavy atom. The molecule has 1 saturated heterocycles. The predicted molar refractivity (Wildman–Crippen MR) is 121 cm³/mol. The fourth-order valence-electron chi connectivity index (χ4n) is 4.66. The van der Waals surface area contributed by atoms with Crippen molar-refractivity contribution in [3.63, 3.8) is 0 Å². The summed E-state index contributed by atoms with van der Waals surface area (Å²) in [4.78, 5) is 12.8. The monoisotopic (exact) mass is 424 g/mol. The summed E-state index contributed by atoms with van der Waals surface area (Å²) in [6.45, 7) is 4.74. The van der Waals surface area contributed by atoms with Crippen molar-refractivity contribution in [1.82, 2.24) is 16.0 Å². The van der Waals surface area contributed by atoms with Gasteiger partial charge in [-0.05, 0) is 68.2 Å². The number of rotatable bonds is 4. The standard InChI is InChI=1S/C23H29FN6O/c1-13-2-4-18(24)17-11-20(29-21(13)17)22(31)27-16-3-5-19-14(10-16)12-26-23(30-19)28-15-6-8-25-9-7-15/h2-5,10,15,20,23,25-26,28-30H,6-9,11-12H2,1H3,(H,27,31). The molecule has 164 valence electrons. The summed E-state index contributed by atoms with van der Waals surface area (Å²) >= 11 is 0. The number of hydrogen-bond acceptors (Lipinski definition) is 6. The van der Waals surface area contributed by atoms with Gasteiger partial charge in [0.25, 0.3) is 0 Å². The van der Waals surface area contributed by atoms with Crippen LogP contribution in [0.1, 0.15) is 29.5 Å². The van der Waals surface area contributed by atoms with Gasteiger partial charge in [-0.3, -0.25) is 15.4 Å². The fourth-order valence-corrected chi connectivity index (χ4v) is 4.66. The maximum atomic E-state index is 14.1. The molecule has 2 aromatic carbocycles. The molecule has 1 amide bonds. The quantitative estimate of drug-likeness (QED) is 0.451. The number of carbonyl (C=O) groups excluding carboxylic acids is 1. The molecule has 1 fully saturated rings. The van der Waals surface area contributed by atoms with E-state index in [2.05, 4.69) is 31.9 Å². The zero-order valence-corrected chi connectivity index (χ0v) is 17.6. The normalized spacial score (nSPS) is 22.8. The summed E-state index contributed by atoms with van der Waals surface area (Å²) in [5.41, 5.74) is 5.19. The predicted octanol–water partition coefficient (Wildman–Crippen LogP) is 2.25. The molecular weight excluding hydrogens is 395 g/mol. The van der Waals surface area contributed by atoms with E-state index < -0.39 is 6.04 Å². The largest absolute Gasteiger partial charge is 0.373 e. The highest BCUT2D eigenvalue weighted by Gasteiger charge is 2.30. The molecule has 0 spiro atoms. The minimum absolute atomic E-state index is 0.0374. The van der Waals surface area contributed by atoms with Gasteiger partial charge >= 0.3 is 0 Å². The lowest BCUT2D eigenvalue weighted by atomic mass is 10.1. The maximum absolute atomic E-state index is 14.1. The number of benzene rings is 2. The number of anilines is 3. The molecule has 0 bridgehead atoms. The molecular formula is C23H29FN6O. The summed E-state index contributed by atoms with van der Waals surface area (Å²) in [7, 11) is 0. The zero-order chi connectivity index (χ0) is 21.4. The Morgan fingerprint density at radius 2 is 1.97 bits per heavy atom. The van der Waals surface area contributed by atoms with Crippen molar-refractivity contribution in [3.8, 4) is 0 Å². The van der Waals surface area contributed by atoms with Gasteiger partial charge in [0.05, 0.1) is 0 Å². The van der Waals surface area contributed by atoms with Gasteiger partial charge in [0.2, 0.25) is 5.91 Å². The van der Waals surface area contributed by atoms with Gasteiger partial charge < -0.3 is 21.3 Å². The van der Waals surface area contributed by atoms with Crippen LogP contribution < -0.4 is 31.9 Å². The summed E-state index contributed by atoms with van der Waals surface area (Å²) in [5.74, 6) is -0.417. The molecule has 3 aliphatic heterocycles. The van der Waals surface area contributed by atoms with E-state index in [1.807, 2.05) is 25.1 Å². The molecule has 3 heterocycles. The lowest BCUT2D eigenvalue weighted by Gasteiger charge is -2.34. The van der Waals surface area contributed by atoms with Crippen molar-refractivity contribution >= 4 is 23.0 Å². The van der Waals surface area contributed by atoms with E-state index >= 15 is 0 Å². The molecule has 6 N–H and O–H groups in total. The third kappa shape index (κ3) is 4.23. The van der Waals surface area contributed by atoms with Crippen molar-refractivity contribution in [2.75, 3.05) is 29.0 Å². The first-order valence-corrected chi connectivity index (χ1v) is 11.0. The number of piperidine rings is 1. The summed E-state index contributed by atoms with van der Waals surface area (Å²) < 4.78 is 14.1. The Labute approximate surface area is 181 Å². The maximum Gasteiger partial charge on any atom is 0.247 e. The van der Waals surface area contributed by atoms with Crippen LogP contribution in [0.15, 0.2) is 30.3 Å². The van der Waals surface area contributed by atoms with Gasteiger partial charge in [0.15, 0.2) is 0 Å². The first kappa shape index (κ1) is 20.2. The molecule has 8 heteroatoms. The van der Waals surface area contributed by atoms with E-state index in [1.54, 1.807) is 6.07 Å². The van der Waals surface area contributed by atoms with Crippen LogP contribution in [0.3, 0.4) is 0 Å². The summed E-state index contributed by atoms with van der Waals surface area (Å²) in [6, 6.07) is 9.13. The van der Waals surface area contributed by atoms with Crippen LogP contribution in [-0.4, -0.2) is 37.4 Å². The zero-order valence-electron chi connectivity index (χ0n) is 17.6. The van der Waals surface area contributed by atoms with Gasteiger partial charge in [0.1, 0.15) is 18.1 Å². The second-order valence-electron chi connectivity index (χ2n) is 8.63. The average molecular weight is 425 g/mol. The van der Waals surface area contributed by atoms with Crippen LogP contribution in [0, 0.1) is 12.7 Å².